The summed E-state index contributed by atoms with van der Waals surface area (Å²) in [5.41, 5.74) is 1.06. The molecule has 1 aliphatic carbocycles. The van der Waals surface area contributed by atoms with Crippen LogP contribution in [0.1, 0.15) is 28.8 Å². The van der Waals surface area contributed by atoms with Crippen molar-refractivity contribution in [3.63, 3.8) is 0 Å². The topological polar surface area (TPSA) is 57.7 Å². The van der Waals surface area contributed by atoms with Gasteiger partial charge in [0.1, 0.15) is 0 Å². The standard InChI is InChI=1S/C22H19Br2ClN2O3/c23-17-10-15-16(11-18(17)24)22(30)27(21(15)29)26(12-13-6-2-1-3-7-13)20(28)14-8-4-5-9-19(14)25/h1-9,15-18H,10-12H2/t15-,16-,17-,18+/m1/s1. The van der Waals surface area contributed by atoms with Crippen molar-refractivity contribution in [3.05, 3.63) is 70.7 Å². The van der Waals surface area contributed by atoms with E-state index in [9.17, 15) is 14.4 Å². The summed E-state index contributed by atoms with van der Waals surface area (Å²) < 4.78 is 0. The van der Waals surface area contributed by atoms with Crippen molar-refractivity contribution < 1.29 is 14.4 Å². The molecule has 156 valence electrons. The van der Waals surface area contributed by atoms with Gasteiger partial charge in [-0.1, -0.05) is 85.9 Å². The van der Waals surface area contributed by atoms with Crippen molar-refractivity contribution in [1.29, 1.82) is 0 Å². The van der Waals surface area contributed by atoms with Gasteiger partial charge in [0.25, 0.3) is 17.7 Å². The highest BCUT2D eigenvalue weighted by atomic mass is 79.9. The summed E-state index contributed by atoms with van der Waals surface area (Å²) >= 11 is 13.5. The zero-order chi connectivity index (χ0) is 21.4. The molecule has 2 aromatic rings. The lowest BCUT2D eigenvalue weighted by Crippen LogP contribution is -2.49. The van der Waals surface area contributed by atoms with Crippen molar-refractivity contribution in [2.24, 2.45) is 11.8 Å². The molecule has 1 aliphatic heterocycles. The van der Waals surface area contributed by atoms with Crippen LogP contribution in [0.25, 0.3) is 0 Å². The molecule has 30 heavy (non-hydrogen) atoms. The zero-order valence-electron chi connectivity index (χ0n) is 15.9. The number of imide groups is 1. The van der Waals surface area contributed by atoms with E-state index >= 15 is 0 Å². The molecule has 0 N–H and O–H groups in total. The van der Waals surface area contributed by atoms with E-state index in [1.165, 1.54) is 5.01 Å². The fourth-order valence-electron chi connectivity index (χ4n) is 4.08. The number of fused-ring (bicyclic) bond motifs is 1. The van der Waals surface area contributed by atoms with Crippen LogP contribution in [0.3, 0.4) is 0 Å². The first-order chi connectivity index (χ1) is 14.4. The van der Waals surface area contributed by atoms with Crippen LogP contribution < -0.4 is 0 Å². The van der Waals surface area contributed by atoms with Gasteiger partial charge < -0.3 is 0 Å². The highest BCUT2D eigenvalue weighted by Crippen LogP contribution is 2.44. The first-order valence-electron chi connectivity index (χ1n) is 9.64. The third-order valence-corrected chi connectivity index (χ3v) is 8.71. The van der Waals surface area contributed by atoms with Gasteiger partial charge >= 0.3 is 0 Å². The summed E-state index contributed by atoms with van der Waals surface area (Å²) in [4.78, 5) is 40.2. The van der Waals surface area contributed by atoms with E-state index in [0.717, 1.165) is 10.6 Å². The summed E-state index contributed by atoms with van der Waals surface area (Å²) in [6.45, 7) is 0.0945. The molecule has 2 fully saturated rings. The van der Waals surface area contributed by atoms with Crippen molar-refractivity contribution in [3.8, 4) is 0 Å². The van der Waals surface area contributed by atoms with Gasteiger partial charge in [-0.15, -0.1) is 0 Å². The highest BCUT2D eigenvalue weighted by molar-refractivity contribution is 9.12. The summed E-state index contributed by atoms with van der Waals surface area (Å²) in [7, 11) is 0. The average molecular weight is 555 g/mol. The second-order valence-corrected chi connectivity index (χ2v) is 10.3. The lowest BCUT2D eigenvalue weighted by Gasteiger charge is -2.31. The van der Waals surface area contributed by atoms with Crippen LogP contribution in [0.15, 0.2) is 54.6 Å². The van der Waals surface area contributed by atoms with E-state index in [1.807, 2.05) is 30.3 Å². The number of halogens is 3. The summed E-state index contributed by atoms with van der Waals surface area (Å²) in [6, 6.07) is 15.9. The average Bonchev–Trinajstić information content (AvgIpc) is 2.97. The number of rotatable bonds is 4. The Morgan fingerprint density at radius 2 is 1.47 bits per heavy atom. The van der Waals surface area contributed by atoms with Crippen LogP contribution in [0.5, 0.6) is 0 Å². The molecule has 5 nitrogen and oxygen atoms in total. The number of carbonyl (C=O) groups excluding carboxylic acids is 3. The van der Waals surface area contributed by atoms with Gasteiger partial charge in [0, 0.05) is 9.65 Å². The SMILES string of the molecule is O=C(c1ccccc1Cl)N(Cc1ccccc1)N1C(=O)[C@@H]2C[C@@H](Br)[C@@H](Br)C[C@H]2C1=O. The Morgan fingerprint density at radius 3 is 2.03 bits per heavy atom. The molecule has 8 heteroatoms. The largest absolute Gasteiger partial charge is 0.274 e. The number of benzene rings is 2. The van der Waals surface area contributed by atoms with Crippen molar-refractivity contribution in [2.75, 3.05) is 0 Å². The third kappa shape index (κ3) is 3.95. The first-order valence-corrected chi connectivity index (χ1v) is 11.9. The molecule has 2 aromatic carbocycles. The predicted molar refractivity (Wildman–Crippen MR) is 121 cm³/mol. The number of carbonyl (C=O) groups is 3. The number of nitrogens with zero attached hydrogens (tertiary/aromatic N) is 2. The van der Waals surface area contributed by atoms with Crippen LogP contribution in [0.4, 0.5) is 0 Å². The summed E-state index contributed by atoms with van der Waals surface area (Å²) in [5, 5.41) is 2.57. The Hall–Kier alpha value is -1.70. The molecule has 1 heterocycles. The molecular weight excluding hydrogens is 536 g/mol. The summed E-state index contributed by atoms with van der Waals surface area (Å²) in [5.74, 6) is -2.01. The highest BCUT2D eigenvalue weighted by Gasteiger charge is 2.54. The maximum absolute atomic E-state index is 13.5. The molecule has 0 bridgehead atoms. The number of hydrazine groups is 1. The lowest BCUT2D eigenvalue weighted by atomic mass is 9.81. The number of amides is 3. The maximum atomic E-state index is 13.5. The Labute approximate surface area is 196 Å². The molecule has 2 aliphatic rings. The minimum Gasteiger partial charge on any atom is -0.272 e. The van der Waals surface area contributed by atoms with Crippen LogP contribution in [-0.2, 0) is 16.1 Å². The minimum atomic E-state index is -0.476. The maximum Gasteiger partial charge on any atom is 0.274 e. The fourth-order valence-corrected chi connectivity index (χ4v) is 5.53. The van der Waals surface area contributed by atoms with Crippen LogP contribution in [-0.4, -0.2) is 37.4 Å². The molecule has 0 unspecified atom stereocenters. The van der Waals surface area contributed by atoms with Gasteiger partial charge in [0.05, 0.1) is 29.0 Å². The second kappa shape index (κ2) is 8.81. The Balaban J connectivity index is 1.72. The van der Waals surface area contributed by atoms with Crippen LogP contribution in [0, 0.1) is 11.8 Å². The van der Waals surface area contributed by atoms with E-state index in [0.29, 0.717) is 12.8 Å². The van der Waals surface area contributed by atoms with E-state index in [-0.39, 0.29) is 38.6 Å². The molecule has 3 amide bonds. The lowest BCUT2D eigenvalue weighted by molar-refractivity contribution is -0.155. The molecule has 4 rings (SSSR count). The zero-order valence-corrected chi connectivity index (χ0v) is 19.8. The van der Waals surface area contributed by atoms with Gasteiger partial charge in [-0.3, -0.25) is 14.4 Å². The molecule has 1 saturated heterocycles. The smallest absolute Gasteiger partial charge is 0.272 e. The van der Waals surface area contributed by atoms with E-state index in [4.69, 9.17) is 11.6 Å². The minimum absolute atomic E-state index is 0.0945. The number of alkyl halides is 2. The predicted octanol–water partition coefficient (Wildman–Crippen LogP) is 4.82. The molecule has 1 saturated carbocycles. The Bertz CT molecular complexity index is 959. The van der Waals surface area contributed by atoms with Crippen molar-refractivity contribution >= 4 is 61.2 Å². The Morgan fingerprint density at radius 1 is 0.933 bits per heavy atom. The quantitative estimate of drug-likeness (QED) is 0.402. The van der Waals surface area contributed by atoms with Gasteiger partial charge in [-0.25, -0.2) is 5.01 Å². The van der Waals surface area contributed by atoms with E-state index < -0.39 is 17.7 Å². The molecule has 0 aromatic heterocycles. The molecule has 0 radical (unpaired) electrons. The third-order valence-electron chi connectivity index (χ3n) is 5.64. The van der Waals surface area contributed by atoms with Crippen LogP contribution in [0.2, 0.25) is 5.02 Å². The van der Waals surface area contributed by atoms with Crippen LogP contribution >= 0.6 is 43.5 Å². The van der Waals surface area contributed by atoms with Gasteiger partial charge in [-0.2, -0.15) is 5.01 Å². The normalized spacial score (nSPS) is 25.9. The van der Waals surface area contributed by atoms with Gasteiger partial charge in [0.2, 0.25) is 0 Å². The van der Waals surface area contributed by atoms with Gasteiger partial charge in [0.15, 0.2) is 0 Å². The van der Waals surface area contributed by atoms with E-state index in [2.05, 4.69) is 31.9 Å². The van der Waals surface area contributed by atoms with Crippen molar-refractivity contribution in [1.82, 2.24) is 10.0 Å². The molecule has 0 spiro atoms. The first kappa shape index (κ1) is 21.5. The number of hydrogen-bond acceptors (Lipinski definition) is 3. The molecule has 4 atom stereocenters. The summed E-state index contributed by atoms with van der Waals surface area (Å²) in [6.07, 6.45) is 1.09. The van der Waals surface area contributed by atoms with Gasteiger partial charge in [-0.05, 0) is 30.5 Å². The number of hydrogen-bond donors (Lipinski definition) is 0. The Kier molecular flexibility index (Phi) is 6.32. The van der Waals surface area contributed by atoms with Crippen molar-refractivity contribution in [2.45, 2.75) is 29.0 Å². The monoisotopic (exact) mass is 552 g/mol. The second-order valence-electron chi connectivity index (χ2n) is 7.53. The molecular formula is C22H19Br2ClN2O3. The van der Waals surface area contributed by atoms with E-state index in [1.54, 1.807) is 24.3 Å². The fraction of sp³-hybridized carbons (Fsp3) is 0.318.